The van der Waals surface area contributed by atoms with Gasteiger partial charge >= 0.3 is 0 Å². The average Bonchev–Trinajstić information content (AvgIpc) is 2.98. The SMILES string of the molecule is CC(=O)N1c2ccc(S(=O)(=O)NCCC(=O)Nc3ccccc3F)cc2C[C@H]1C. The Morgan fingerprint density at radius 2 is 1.93 bits per heavy atom. The van der Waals surface area contributed by atoms with E-state index in [9.17, 15) is 22.4 Å². The number of carbonyl (C=O) groups excluding carboxylic acids is 2. The number of anilines is 2. The molecule has 2 aromatic rings. The number of fused-ring (bicyclic) bond motifs is 1. The first-order valence-corrected chi connectivity index (χ1v) is 10.6. The molecule has 2 aromatic carbocycles. The second-order valence-electron chi connectivity index (χ2n) is 6.91. The second kappa shape index (κ2) is 8.30. The van der Waals surface area contributed by atoms with Gasteiger partial charge in [0, 0.05) is 31.6 Å². The molecule has 0 spiro atoms. The number of rotatable bonds is 6. The molecular formula is C20H22FN3O4S. The molecule has 0 aliphatic carbocycles. The minimum Gasteiger partial charge on any atom is -0.324 e. The summed E-state index contributed by atoms with van der Waals surface area (Å²) in [6.07, 6.45) is 0.428. The molecule has 0 aromatic heterocycles. The zero-order valence-corrected chi connectivity index (χ0v) is 16.9. The lowest BCUT2D eigenvalue weighted by atomic mass is 10.1. The van der Waals surface area contributed by atoms with Gasteiger partial charge in [-0.15, -0.1) is 0 Å². The number of halogens is 1. The fourth-order valence-corrected chi connectivity index (χ4v) is 4.49. The molecule has 9 heteroatoms. The summed E-state index contributed by atoms with van der Waals surface area (Å²) in [5.74, 6) is -1.16. The molecule has 1 heterocycles. The number of benzene rings is 2. The third kappa shape index (κ3) is 4.63. The number of nitrogens with one attached hydrogen (secondary N) is 2. The van der Waals surface area contributed by atoms with Gasteiger partial charge in [0.05, 0.1) is 10.6 Å². The summed E-state index contributed by atoms with van der Waals surface area (Å²) in [4.78, 5) is 25.4. The van der Waals surface area contributed by atoms with Crippen molar-refractivity contribution < 1.29 is 22.4 Å². The predicted molar refractivity (Wildman–Crippen MR) is 108 cm³/mol. The molecule has 7 nitrogen and oxygen atoms in total. The van der Waals surface area contributed by atoms with Crippen molar-refractivity contribution in [2.24, 2.45) is 0 Å². The van der Waals surface area contributed by atoms with E-state index in [0.717, 1.165) is 5.56 Å². The van der Waals surface area contributed by atoms with E-state index in [2.05, 4.69) is 10.0 Å². The summed E-state index contributed by atoms with van der Waals surface area (Å²) in [5, 5.41) is 2.40. The van der Waals surface area contributed by atoms with Gasteiger partial charge in [0.1, 0.15) is 5.82 Å². The Morgan fingerprint density at radius 1 is 1.21 bits per heavy atom. The van der Waals surface area contributed by atoms with Crippen LogP contribution in [0.2, 0.25) is 0 Å². The molecule has 0 saturated carbocycles. The van der Waals surface area contributed by atoms with Crippen molar-refractivity contribution in [1.82, 2.24) is 4.72 Å². The largest absolute Gasteiger partial charge is 0.324 e. The molecule has 0 radical (unpaired) electrons. The lowest BCUT2D eigenvalue weighted by Crippen LogP contribution is -2.33. The van der Waals surface area contributed by atoms with Gasteiger partial charge in [0.25, 0.3) is 0 Å². The number of amides is 2. The first-order valence-electron chi connectivity index (χ1n) is 9.16. The Labute approximate surface area is 169 Å². The van der Waals surface area contributed by atoms with Gasteiger partial charge in [0.15, 0.2) is 0 Å². The number of carbonyl (C=O) groups is 2. The van der Waals surface area contributed by atoms with Crippen LogP contribution in [0.5, 0.6) is 0 Å². The van der Waals surface area contributed by atoms with Crippen LogP contribution in [0.25, 0.3) is 0 Å². The number of hydrogen-bond donors (Lipinski definition) is 2. The normalized spacial score (nSPS) is 15.8. The fourth-order valence-electron chi connectivity index (χ4n) is 3.41. The van der Waals surface area contributed by atoms with Crippen LogP contribution < -0.4 is 14.9 Å². The molecule has 3 rings (SSSR count). The van der Waals surface area contributed by atoms with E-state index >= 15 is 0 Å². The van der Waals surface area contributed by atoms with E-state index in [1.807, 2.05) is 6.92 Å². The smallest absolute Gasteiger partial charge is 0.240 e. The van der Waals surface area contributed by atoms with Crippen molar-refractivity contribution in [2.45, 2.75) is 37.6 Å². The molecule has 2 amide bonds. The summed E-state index contributed by atoms with van der Waals surface area (Å²) in [5.41, 5.74) is 1.55. The van der Waals surface area contributed by atoms with Crippen LogP contribution >= 0.6 is 0 Å². The molecule has 0 saturated heterocycles. The van der Waals surface area contributed by atoms with Gasteiger partial charge in [-0.25, -0.2) is 17.5 Å². The molecule has 29 heavy (non-hydrogen) atoms. The van der Waals surface area contributed by atoms with E-state index in [-0.39, 0.29) is 35.5 Å². The van der Waals surface area contributed by atoms with Gasteiger partial charge in [-0.3, -0.25) is 9.59 Å². The van der Waals surface area contributed by atoms with Crippen molar-refractivity contribution in [2.75, 3.05) is 16.8 Å². The number of sulfonamides is 1. The summed E-state index contributed by atoms with van der Waals surface area (Å²) < 4.78 is 41.0. The average molecular weight is 419 g/mol. The van der Waals surface area contributed by atoms with Crippen LogP contribution in [0.1, 0.15) is 25.8 Å². The minimum atomic E-state index is -3.82. The molecular weight excluding hydrogens is 397 g/mol. The summed E-state index contributed by atoms with van der Waals surface area (Å²) >= 11 is 0. The third-order valence-corrected chi connectivity index (χ3v) is 6.17. The van der Waals surface area contributed by atoms with Crippen molar-refractivity contribution >= 4 is 33.2 Å². The Hall–Kier alpha value is -2.78. The Kier molecular flexibility index (Phi) is 5.99. The van der Waals surface area contributed by atoms with Crippen LogP contribution in [-0.2, 0) is 26.0 Å². The van der Waals surface area contributed by atoms with E-state index < -0.39 is 21.7 Å². The van der Waals surface area contributed by atoms with Crippen molar-refractivity contribution in [3.63, 3.8) is 0 Å². The molecule has 1 atom stereocenters. The van der Waals surface area contributed by atoms with Crippen LogP contribution in [-0.4, -0.2) is 32.8 Å². The Morgan fingerprint density at radius 3 is 2.62 bits per heavy atom. The highest BCUT2D eigenvalue weighted by Gasteiger charge is 2.30. The van der Waals surface area contributed by atoms with Crippen LogP contribution in [0.15, 0.2) is 47.4 Å². The molecule has 0 fully saturated rings. The van der Waals surface area contributed by atoms with Crippen LogP contribution in [0, 0.1) is 5.82 Å². The van der Waals surface area contributed by atoms with E-state index in [4.69, 9.17) is 0 Å². The topological polar surface area (TPSA) is 95.6 Å². The Balaban J connectivity index is 1.62. The molecule has 2 N–H and O–H groups in total. The number of hydrogen-bond acceptors (Lipinski definition) is 4. The van der Waals surface area contributed by atoms with Gasteiger partial charge in [-0.1, -0.05) is 12.1 Å². The van der Waals surface area contributed by atoms with Gasteiger partial charge in [0.2, 0.25) is 21.8 Å². The minimum absolute atomic E-state index is 0.0320. The highest BCUT2D eigenvalue weighted by atomic mass is 32.2. The lowest BCUT2D eigenvalue weighted by molar-refractivity contribution is -0.117. The highest BCUT2D eigenvalue weighted by Crippen LogP contribution is 2.33. The van der Waals surface area contributed by atoms with Crippen molar-refractivity contribution in [3.8, 4) is 0 Å². The molecule has 1 aliphatic rings. The lowest BCUT2D eigenvalue weighted by Gasteiger charge is -2.20. The fraction of sp³-hybridized carbons (Fsp3) is 0.300. The van der Waals surface area contributed by atoms with Gasteiger partial charge < -0.3 is 10.2 Å². The Bertz CT molecular complexity index is 1060. The van der Waals surface area contributed by atoms with Crippen molar-refractivity contribution in [3.05, 3.63) is 53.8 Å². The second-order valence-corrected chi connectivity index (χ2v) is 8.68. The first kappa shape index (κ1) is 20.9. The quantitative estimate of drug-likeness (QED) is 0.752. The summed E-state index contributed by atoms with van der Waals surface area (Å²) in [7, 11) is -3.82. The van der Waals surface area contributed by atoms with Crippen LogP contribution in [0.4, 0.5) is 15.8 Å². The standard InChI is InChI=1S/C20H22FN3O4S/c1-13-11-15-12-16(7-8-19(15)24(13)14(2)25)29(27,28)22-10-9-20(26)23-18-6-4-3-5-17(18)21/h3-8,12-13,22H,9-11H2,1-2H3,(H,23,26)/t13-/m1/s1. The number of nitrogens with zero attached hydrogens (tertiary/aromatic N) is 1. The zero-order chi connectivity index (χ0) is 21.2. The summed E-state index contributed by atoms with van der Waals surface area (Å²) in [6.45, 7) is 3.25. The highest BCUT2D eigenvalue weighted by molar-refractivity contribution is 7.89. The number of para-hydroxylation sites is 1. The van der Waals surface area contributed by atoms with Gasteiger partial charge in [-0.05, 0) is 49.2 Å². The van der Waals surface area contributed by atoms with Gasteiger partial charge in [-0.2, -0.15) is 0 Å². The maximum absolute atomic E-state index is 13.5. The zero-order valence-electron chi connectivity index (χ0n) is 16.1. The van der Waals surface area contributed by atoms with E-state index in [1.165, 1.54) is 31.2 Å². The van der Waals surface area contributed by atoms with Crippen LogP contribution in [0.3, 0.4) is 0 Å². The maximum atomic E-state index is 13.5. The molecule has 0 bridgehead atoms. The first-order chi connectivity index (χ1) is 13.7. The molecule has 154 valence electrons. The molecule has 0 unspecified atom stereocenters. The monoisotopic (exact) mass is 419 g/mol. The van der Waals surface area contributed by atoms with E-state index in [1.54, 1.807) is 23.1 Å². The van der Waals surface area contributed by atoms with Crippen molar-refractivity contribution in [1.29, 1.82) is 0 Å². The third-order valence-electron chi connectivity index (χ3n) is 4.71. The molecule has 1 aliphatic heterocycles. The summed E-state index contributed by atoms with van der Waals surface area (Å²) in [6, 6.07) is 10.3. The maximum Gasteiger partial charge on any atom is 0.240 e. The predicted octanol–water partition coefficient (Wildman–Crippen LogP) is 2.43. The van der Waals surface area contributed by atoms with E-state index in [0.29, 0.717) is 12.1 Å².